The standard InChI is InChI=1S/C16H15N3O4S/c1-9-8-18-14-4-2-10(6-12(9)14)19-24(22,23)11-3-5-15(20)13(7-11)16(17)21/h2-8,18-20H,1H3,(H2,17,21). The van der Waals surface area contributed by atoms with E-state index in [2.05, 4.69) is 9.71 Å². The molecular weight excluding hydrogens is 330 g/mol. The highest BCUT2D eigenvalue weighted by Crippen LogP contribution is 2.25. The maximum atomic E-state index is 12.5. The Labute approximate surface area is 138 Å². The molecular formula is C16H15N3O4S. The minimum Gasteiger partial charge on any atom is -0.507 e. The smallest absolute Gasteiger partial charge is 0.261 e. The Hall–Kier alpha value is -3.00. The lowest BCUT2D eigenvalue weighted by Crippen LogP contribution is -2.16. The van der Waals surface area contributed by atoms with Gasteiger partial charge in [-0.25, -0.2) is 8.42 Å². The molecule has 1 aromatic heterocycles. The SMILES string of the molecule is Cc1c[nH]c2ccc(NS(=O)(=O)c3ccc(O)c(C(N)=O)c3)cc12. The number of amides is 1. The van der Waals surface area contributed by atoms with Crippen LogP contribution in [0.5, 0.6) is 5.75 Å². The number of aryl methyl sites for hydroxylation is 1. The molecule has 124 valence electrons. The lowest BCUT2D eigenvalue weighted by molar-refractivity contribution is 0.0997. The predicted molar refractivity (Wildman–Crippen MR) is 90.5 cm³/mol. The Kier molecular flexibility index (Phi) is 3.69. The van der Waals surface area contributed by atoms with Crippen molar-refractivity contribution in [2.75, 3.05) is 4.72 Å². The molecule has 7 nitrogen and oxygen atoms in total. The average Bonchev–Trinajstić information content (AvgIpc) is 2.88. The van der Waals surface area contributed by atoms with Crippen LogP contribution in [0.4, 0.5) is 5.69 Å². The van der Waals surface area contributed by atoms with E-state index in [1.807, 2.05) is 13.1 Å². The average molecular weight is 345 g/mol. The minimum atomic E-state index is -3.93. The van der Waals surface area contributed by atoms with Crippen LogP contribution in [-0.4, -0.2) is 24.4 Å². The van der Waals surface area contributed by atoms with Gasteiger partial charge in [-0.15, -0.1) is 0 Å². The van der Waals surface area contributed by atoms with Crippen LogP contribution >= 0.6 is 0 Å². The van der Waals surface area contributed by atoms with Crippen LogP contribution in [0.3, 0.4) is 0 Å². The second kappa shape index (κ2) is 5.57. The molecule has 0 fully saturated rings. The largest absolute Gasteiger partial charge is 0.507 e. The van der Waals surface area contributed by atoms with Crippen LogP contribution in [0.1, 0.15) is 15.9 Å². The van der Waals surface area contributed by atoms with Crippen LogP contribution in [0.2, 0.25) is 0 Å². The zero-order valence-corrected chi connectivity index (χ0v) is 13.5. The van der Waals surface area contributed by atoms with Crippen molar-refractivity contribution in [3.8, 4) is 5.75 Å². The Balaban J connectivity index is 1.99. The second-order valence-electron chi connectivity index (χ2n) is 5.38. The predicted octanol–water partition coefficient (Wildman–Crippen LogP) is 2.08. The molecule has 1 heterocycles. The summed E-state index contributed by atoms with van der Waals surface area (Å²) in [7, 11) is -3.93. The number of aromatic amines is 1. The van der Waals surface area contributed by atoms with Crippen LogP contribution < -0.4 is 10.5 Å². The Morgan fingerprint density at radius 2 is 1.96 bits per heavy atom. The number of carbonyl (C=O) groups excluding carboxylic acids is 1. The number of primary amides is 1. The molecule has 0 bridgehead atoms. The van der Waals surface area contributed by atoms with Gasteiger partial charge in [0, 0.05) is 22.8 Å². The van der Waals surface area contributed by atoms with Gasteiger partial charge in [0.05, 0.1) is 10.5 Å². The quantitative estimate of drug-likeness (QED) is 0.577. The van der Waals surface area contributed by atoms with Crippen molar-refractivity contribution in [3.63, 3.8) is 0 Å². The number of phenols is 1. The van der Waals surface area contributed by atoms with Gasteiger partial charge in [-0.3, -0.25) is 9.52 Å². The van der Waals surface area contributed by atoms with Gasteiger partial charge in [0.25, 0.3) is 15.9 Å². The third-order valence-corrected chi connectivity index (χ3v) is 5.06. The summed E-state index contributed by atoms with van der Waals surface area (Å²) in [6.45, 7) is 1.91. The molecule has 0 saturated heterocycles. The molecule has 3 aromatic rings. The second-order valence-corrected chi connectivity index (χ2v) is 7.06. The summed E-state index contributed by atoms with van der Waals surface area (Å²) in [6.07, 6.45) is 1.84. The summed E-state index contributed by atoms with van der Waals surface area (Å²) in [5.41, 5.74) is 7.15. The zero-order chi connectivity index (χ0) is 17.5. The van der Waals surface area contributed by atoms with Crippen molar-refractivity contribution in [2.45, 2.75) is 11.8 Å². The fourth-order valence-corrected chi connectivity index (χ4v) is 3.49. The van der Waals surface area contributed by atoms with Crippen LogP contribution in [0.15, 0.2) is 47.5 Å². The van der Waals surface area contributed by atoms with Crippen LogP contribution in [0.25, 0.3) is 10.9 Å². The van der Waals surface area contributed by atoms with E-state index >= 15 is 0 Å². The number of rotatable bonds is 4. The summed E-state index contributed by atoms with van der Waals surface area (Å²) >= 11 is 0. The normalized spacial score (nSPS) is 11.5. The van der Waals surface area contributed by atoms with Crippen molar-refractivity contribution >= 4 is 32.5 Å². The van der Waals surface area contributed by atoms with Crippen molar-refractivity contribution in [1.29, 1.82) is 0 Å². The summed E-state index contributed by atoms with van der Waals surface area (Å²) in [5.74, 6) is -1.28. The van der Waals surface area contributed by atoms with Crippen molar-refractivity contribution in [2.24, 2.45) is 5.73 Å². The number of anilines is 1. The highest BCUT2D eigenvalue weighted by Gasteiger charge is 2.18. The van der Waals surface area contributed by atoms with Gasteiger partial charge in [-0.2, -0.15) is 0 Å². The Morgan fingerprint density at radius 1 is 1.21 bits per heavy atom. The molecule has 0 aliphatic rings. The number of aromatic nitrogens is 1. The highest BCUT2D eigenvalue weighted by molar-refractivity contribution is 7.92. The van der Waals surface area contributed by atoms with Crippen molar-refractivity contribution in [3.05, 3.63) is 53.7 Å². The lowest BCUT2D eigenvalue weighted by Gasteiger charge is -2.10. The van der Waals surface area contributed by atoms with Gasteiger partial charge in [-0.1, -0.05) is 0 Å². The molecule has 3 rings (SSSR count). The number of sulfonamides is 1. The van der Waals surface area contributed by atoms with E-state index in [1.54, 1.807) is 18.2 Å². The lowest BCUT2D eigenvalue weighted by atomic mass is 10.2. The zero-order valence-electron chi connectivity index (χ0n) is 12.7. The van der Waals surface area contributed by atoms with Gasteiger partial charge in [0.2, 0.25) is 0 Å². The van der Waals surface area contributed by atoms with E-state index in [4.69, 9.17) is 5.73 Å². The minimum absolute atomic E-state index is 0.167. The van der Waals surface area contributed by atoms with Gasteiger partial charge < -0.3 is 15.8 Å². The highest BCUT2D eigenvalue weighted by atomic mass is 32.2. The third kappa shape index (κ3) is 2.79. The summed E-state index contributed by atoms with van der Waals surface area (Å²) in [5, 5.41) is 10.5. The number of nitrogens with two attached hydrogens (primary N) is 1. The molecule has 0 unspecified atom stereocenters. The summed E-state index contributed by atoms with van der Waals surface area (Å²) in [6, 6.07) is 8.48. The number of H-pyrrole nitrogens is 1. The maximum absolute atomic E-state index is 12.5. The number of aromatic hydroxyl groups is 1. The molecule has 1 amide bonds. The topological polar surface area (TPSA) is 125 Å². The molecule has 0 radical (unpaired) electrons. The number of hydrogen-bond acceptors (Lipinski definition) is 4. The number of carbonyl (C=O) groups is 1. The number of nitrogens with one attached hydrogen (secondary N) is 2. The van der Waals surface area contributed by atoms with Crippen molar-refractivity contribution in [1.82, 2.24) is 4.98 Å². The van der Waals surface area contributed by atoms with Crippen LogP contribution in [0, 0.1) is 6.92 Å². The van der Waals surface area contributed by atoms with E-state index in [1.165, 1.54) is 6.07 Å². The number of fused-ring (bicyclic) bond motifs is 1. The van der Waals surface area contributed by atoms with Crippen LogP contribution in [-0.2, 0) is 10.0 Å². The molecule has 0 saturated carbocycles. The summed E-state index contributed by atoms with van der Waals surface area (Å²) < 4.78 is 27.4. The molecule has 24 heavy (non-hydrogen) atoms. The van der Waals surface area contributed by atoms with E-state index in [-0.39, 0.29) is 16.2 Å². The molecule has 0 spiro atoms. The first kappa shape index (κ1) is 15.9. The van der Waals surface area contributed by atoms with E-state index in [0.717, 1.165) is 28.6 Å². The van der Waals surface area contributed by atoms with E-state index < -0.39 is 15.9 Å². The van der Waals surface area contributed by atoms with Gasteiger partial charge >= 0.3 is 0 Å². The van der Waals surface area contributed by atoms with Crippen molar-refractivity contribution < 1.29 is 18.3 Å². The monoisotopic (exact) mass is 345 g/mol. The van der Waals surface area contributed by atoms with Gasteiger partial charge in [-0.05, 0) is 48.9 Å². The molecule has 5 N–H and O–H groups in total. The Morgan fingerprint density at radius 3 is 2.67 bits per heavy atom. The van der Waals surface area contributed by atoms with Gasteiger partial charge in [0.1, 0.15) is 5.75 Å². The fourth-order valence-electron chi connectivity index (χ4n) is 2.42. The molecule has 0 atom stereocenters. The van der Waals surface area contributed by atoms with E-state index in [0.29, 0.717) is 5.69 Å². The third-order valence-electron chi connectivity index (χ3n) is 3.68. The maximum Gasteiger partial charge on any atom is 0.261 e. The Bertz CT molecular complexity index is 1050. The molecule has 0 aliphatic carbocycles. The fraction of sp³-hybridized carbons (Fsp3) is 0.0625. The molecule has 2 aromatic carbocycles. The first-order chi connectivity index (χ1) is 11.3. The first-order valence-electron chi connectivity index (χ1n) is 7.01. The number of benzene rings is 2. The summed E-state index contributed by atoms with van der Waals surface area (Å²) in [4.78, 5) is 14.2. The first-order valence-corrected chi connectivity index (χ1v) is 8.49. The van der Waals surface area contributed by atoms with E-state index in [9.17, 15) is 18.3 Å². The number of hydrogen-bond donors (Lipinski definition) is 4. The van der Waals surface area contributed by atoms with Gasteiger partial charge in [0.15, 0.2) is 0 Å². The molecule has 0 aliphatic heterocycles. The molecule has 8 heteroatoms.